The van der Waals surface area contributed by atoms with Gasteiger partial charge in [-0.25, -0.2) is 0 Å². The molecule has 0 aromatic heterocycles. The minimum absolute atomic E-state index is 0.452. The van der Waals surface area contributed by atoms with E-state index in [1.54, 1.807) is 7.11 Å². The number of hydrogen-bond donors (Lipinski definition) is 1. The normalized spacial score (nSPS) is 28.8. The van der Waals surface area contributed by atoms with Gasteiger partial charge in [-0.3, -0.25) is 0 Å². The maximum absolute atomic E-state index is 5.80. The Kier molecular flexibility index (Phi) is 6.74. The van der Waals surface area contributed by atoms with Gasteiger partial charge < -0.3 is 19.7 Å². The van der Waals surface area contributed by atoms with Crippen molar-refractivity contribution in [2.45, 2.75) is 51.2 Å². The second kappa shape index (κ2) is 9.02. The van der Waals surface area contributed by atoms with Crippen LogP contribution in [0.1, 0.15) is 44.6 Å². The van der Waals surface area contributed by atoms with Crippen LogP contribution < -0.4 is 10.1 Å². The van der Waals surface area contributed by atoms with E-state index < -0.39 is 0 Å². The van der Waals surface area contributed by atoms with E-state index in [1.807, 2.05) is 6.07 Å². The molecule has 2 heterocycles. The highest BCUT2D eigenvalue weighted by Gasteiger charge is 2.28. The van der Waals surface area contributed by atoms with Crippen molar-refractivity contribution in [1.82, 2.24) is 10.2 Å². The minimum Gasteiger partial charge on any atom is -0.496 e. The van der Waals surface area contributed by atoms with Crippen LogP contribution in [0, 0.1) is 5.92 Å². The van der Waals surface area contributed by atoms with Crippen molar-refractivity contribution in [3.8, 4) is 5.75 Å². The summed E-state index contributed by atoms with van der Waals surface area (Å²) in [6.07, 6.45) is 4.18. The molecule has 0 aliphatic carbocycles. The summed E-state index contributed by atoms with van der Waals surface area (Å²) >= 11 is 0. The number of nitrogens with one attached hydrogen (secondary N) is 1. The average molecular weight is 347 g/mol. The van der Waals surface area contributed by atoms with Gasteiger partial charge in [0.2, 0.25) is 0 Å². The first-order valence-electron chi connectivity index (χ1n) is 9.87. The lowest BCUT2D eigenvalue weighted by Crippen LogP contribution is -2.50. The Hall–Kier alpha value is -1.10. The first-order valence-corrected chi connectivity index (χ1v) is 9.87. The van der Waals surface area contributed by atoms with Crippen LogP contribution in [0.15, 0.2) is 24.3 Å². The number of ether oxygens (including phenoxy) is 2. The molecule has 3 rings (SSSR count). The number of hydrogen-bond acceptors (Lipinski definition) is 4. The Morgan fingerprint density at radius 2 is 2.16 bits per heavy atom. The van der Waals surface area contributed by atoms with E-state index in [1.165, 1.54) is 37.9 Å². The van der Waals surface area contributed by atoms with Crippen LogP contribution in [0.3, 0.4) is 0 Å². The Bertz CT molecular complexity index is 530. The molecule has 0 amide bonds. The van der Waals surface area contributed by atoms with E-state index in [2.05, 4.69) is 42.3 Å². The number of nitrogens with zero attached hydrogens (tertiary/aromatic N) is 1. The van der Waals surface area contributed by atoms with E-state index in [-0.39, 0.29) is 0 Å². The van der Waals surface area contributed by atoms with Gasteiger partial charge in [0.05, 0.1) is 13.2 Å². The van der Waals surface area contributed by atoms with Crippen molar-refractivity contribution in [2.75, 3.05) is 39.9 Å². The first-order chi connectivity index (χ1) is 12.2. The van der Waals surface area contributed by atoms with Gasteiger partial charge in [0.15, 0.2) is 0 Å². The van der Waals surface area contributed by atoms with E-state index in [0.717, 1.165) is 25.4 Å². The number of benzene rings is 1. The molecule has 4 heteroatoms. The number of piperidine rings is 1. The van der Waals surface area contributed by atoms with Crippen LogP contribution in [0.4, 0.5) is 0 Å². The Morgan fingerprint density at radius 1 is 1.32 bits per heavy atom. The van der Waals surface area contributed by atoms with Crippen LogP contribution in [-0.4, -0.2) is 56.9 Å². The highest BCUT2D eigenvalue weighted by molar-refractivity contribution is 5.36. The number of rotatable bonds is 7. The Morgan fingerprint density at radius 3 is 2.88 bits per heavy atom. The molecule has 2 aliphatic heterocycles. The maximum Gasteiger partial charge on any atom is 0.122 e. The molecule has 0 bridgehead atoms. The molecule has 2 saturated heterocycles. The van der Waals surface area contributed by atoms with Crippen LogP contribution in [-0.2, 0) is 4.74 Å². The predicted molar refractivity (Wildman–Crippen MR) is 102 cm³/mol. The van der Waals surface area contributed by atoms with Gasteiger partial charge in [-0.05, 0) is 49.3 Å². The molecular weight excluding hydrogens is 312 g/mol. The van der Waals surface area contributed by atoms with Crippen molar-refractivity contribution < 1.29 is 9.47 Å². The molecule has 0 radical (unpaired) electrons. The second-order valence-corrected chi connectivity index (χ2v) is 7.82. The molecule has 4 atom stereocenters. The summed E-state index contributed by atoms with van der Waals surface area (Å²) in [5.74, 6) is 2.13. The molecule has 2 fully saturated rings. The standard InChI is InChI=1S/C21H34N2O2/c1-16(19-8-4-5-9-21(19)24-3)13-22-20-10-11-23(14-17(20)2)15-18-7-6-12-25-18/h4-5,8-9,16-18,20,22H,6-7,10-15H2,1-3H3/t16-,17-,18+,20-/m1/s1. The van der Waals surface area contributed by atoms with Crippen LogP contribution in [0.5, 0.6) is 5.75 Å². The van der Waals surface area contributed by atoms with Gasteiger partial charge in [-0.15, -0.1) is 0 Å². The van der Waals surface area contributed by atoms with E-state index >= 15 is 0 Å². The van der Waals surface area contributed by atoms with Crippen LogP contribution in [0.25, 0.3) is 0 Å². The number of para-hydroxylation sites is 1. The summed E-state index contributed by atoms with van der Waals surface area (Å²) in [5, 5.41) is 3.82. The van der Waals surface area contributed by atoms with Gasteiger partial charge in [0.25, 0.3) is 0 Å². The SMILES string of the molecule is COc1ccccc1[C@H](C)CN[C@@H]1CCN(C[C@@H]2CCCO2)C[C@H]1C. The highest BCUT2D eigenvalue weighted by atomic mass is 16.5. The maximum atomic E-state index is 5.80. The van der Waals surface area contributed by atoms with Gasteiger partial charge in [0, 0.05) is 32.3 Å². The fourth-order valence-electron chi connectivity index (χ4n) is 4.29. The lowest BCUT2D eigenvalue weighted by molar-refractivity contribution is 0.0513. The third-order valence-electron chi connectivity index (χ3n) is 5.83. The van der Waals surface area contributed by atoms with Crippen molar-refractivity contribution in [2.24, 2.45) is 5.92 Å². The largest absolute Gasteiger partial charge is 0.496 e. The molecule has 140 valence electrons. The highest BCUT2D eigenvalue weighted by Crippen LogP contribution is 2.26. The predicted octanol–water partition coefficient (Wildman–Crippen LogP) is 3.28. The topological polar surface area (TPSA) is 33.7 Å². The van der Waals surface area contributed by atoms with Crippen molar-refractivity contribution in [3.05, 3.63) is 29.8 Å². The summed E-state index contributed by atoms with van der Waals surface area (Å²) < 4.78 is 11.3. The van der Waals surface area contributed by atoms with Gasteiger partial charge in [-0.2, -0.15) is 0 Å². The molecule has 1 N–H and O–H groups in total. The zero-order valence-electron chi connectivity index (χ0n) is 16.0. The van der Waals surface area contributed by atoms with E-state index in [0.29, 0.717) is 24.0 Å². The molecule has 4 nitrogen and oxygen atoms in total. The molecule has 0 spiro atoms. The minimum atomic E-state index is 0.452. The summed E-state index contributed by atoms with van der Waals surface area (Å²) in [4.78, 5) is 2.60. The zero-order valence-corrected chi connectivity index (χ0v) is 16.0. The quantitative estimate of drug-likeness (QED) is 0.821. The lowest BCUT2D eigenvalue weighted by Gasteiger charge is -2.38. The summed E-state index contributed by atoms with van der Waals surface area (Å²) in [5.41, 5.74) is 1.29. The number of likely N-dealkylation sites (tertiary alicyclic amines) is 1. The average Bonchev–Trinajstić information content (AvgIpc) is 3.13. The molecular formula is C21H34N2O2. The third-order valence-corrected chi connectivity index (χ3v) is 5.83. The summed E-state index contributed by atoms with van der Waals surface area (Å²) in [6, 6.07) is 8.98. The molecule has 1 aromatic rings. The van der Waals surface area contributed by atoms with Crippen molar-refractivity contribution in [3.63, 3.8) is 0 Å². The Balaban J connectivity index is 1.45. The molecule has 0 unspecified atom stereocenters. The van der Waals surface area contributed by atoms with Gasteiger partial charge in [-0.1, -0.05) is 32.0 Å². The lowest BCUT2D eigenvalue weighted by atomic mass is 9.92. The molecule has 25 heavy (non-hydrogen) atoms. The fourth-order valence-corrected chi connectivity index (χ4v) is 4.29. The Labute approximate surface area is 152 Å². The number of methoxy groups -OCH3 is 1. The fraction of sp³-hybridized carbons (Fsp3) is 0.714. The summed E-state index contributed by atoms with van der Waals surface area (Å²) in [6.45, 7) is 10.1. The zero-order chi connectivity index (χ0) is 17.6. The van der Waals surface area contributed by atoms with E-state index in [4.69, 9.17) is 9.47 Å². The second-order valence-electron chi connectivity index (χ2n) is 7.82. The van der Waals surface area contributed by atoms with Crippen molar-refractivity contribution >= 4 is 0 Å². The van der Waals surface area contributed by atoms with Gasteiger partial charge in [0.1, 0.15) is 5.75 Å². The van der Waals surface area contributed by atoms with Crippen LogP contribution in [0.2, 0.25) is 0 Å². The van der Waals surface area contributed by atoms with E-state index in [9.17, 15) is 0 Å². The summed E-state index contributed by atoms with van der Waals surface area (Å²) in [7, 11) is 1.75. The van der Waals surface area contributed by atoms with Gasteiger partial charge >= 0.3 is 0 Å². The first kappa shape index (κ1) is 18.7. The monoisotopic (exact) mass is 346 g/mol. The van der Waals surface area contributed by atoms with Crippen molar-refractivity contribution in [1.29, 1.82) is 0 Å². The molecule has 2 aliphatic rings. The molecule has 0 saturated carbocycles. The smallest absolute Gasteiger partial charge is 0.122 e. The third kappa shape index (κ3) is 4.96. The van der Waals surface area contributed by atoms with Crippen LogP contribution >= 0.6 is 0 Å². The molecule has 1 aromatic carbocycles.